The second kappa shape index (κ2) is 10.3. The topological polar surface area (TPSA) is 58.0 Å². The number of anilines is 1. The summed E-state index contributed by atoms with van der Waals surface area (Å²) in [6.07, 6.45) is 1.38. The summed E-state index contributed by atoms with van der Waals surface area (Å²) in [5, 5.41) is 1.87. The number of carbonyl (C=O) groups excluding carboxylic acids is 2. The lowest BCUT2D eigenvalue weighted by atomic mass is 9.99. The average molecular weight is 537 g/mol. The van der Waals surface area contributed by atoms with Crippen LogP contribution in [-0.2, 0) is 36.0 Å². The van der Waals surface area contributed by atoms with E-state index in [1.165, 1.54) is 11.3 Å². The molecule has 3 aromatic rings. The fraction of sp³-hybridized carbons (Fsp3) is 0.467. The lowest BCUT2D eigenvalue weighted by molar-refractivity contribution is -0.121. The molecule has 0 N–H and O–H groups in total. The van der Waals surface area contributed by atoms with Crippen molar-refractivity contribution in [2.45, 2.75) is 58.7 Å². The Labute approximate surface area is 229 Å². The molecule has 202 valence electrons. The van der Waals surface area contributed by atoms with Gasteiger partial charge in [0.05, 0.1) is 18.6 Å². The van der Waals surface area contributed by atoms with Crippen LogP contribution in [0.1, 0.15) is 44.5 Å². The highest BCUT2D eigenvalue weighted by molar-refractivity contribution is 6.30. The number of benzene rings is 2. The van der Waals surface area contributed by atoms with Crippen LogP contribution in [0.25, 0.3) is 10.9 Å². The van der Waals surface area contributed by atoms with Crippen LogP contribution in [0.2, 0.25) is 5.02 Å². The highest BCUT2D eigenvalue weighted by Gasteiger charge is 2.34. The minimum Gasteiger partial charge on any atom is -0.444 e. The zero-order chi connectivity index (χ0) is 27.2. The van der Waals surface area contributed by atoms with Crippen molar-refractivity contribution in [3.05, 3.63) is 64.3 Å². The summed E-state index contributed by atoms with van der Waals surface area (Å²) in [6.45, 7) is 11.0. The Morgan fingerprint density at radius 1 is 1.08 bits per heavy atom. The fourth-order valence-corrected chi connectivity index (χ4v) is 5.69. The van der Waals surface area contributed by atoms with Gasteiger partial charge in [-0.1, -0.05) is 29.8 Å². The highest BCUT2D eigenvalue weighted by Crippen LogP contribution is 2.35. The van der Waals surface area contributed by atoms with Crippen LogP contribution < -0.4 is 4.90 Å². The van der Waals surface area contributed by atoms with Crippen molar-refractivity contribution >= 4 is 40.2 Å². The number of hydrogen-bond acceptors (Lipinski definition) is 4. The Bertz CT molecular complexity index is 1360. The van der Waals surface area contributed by atoms with Crippen LogP contribution >= 0.6 is 11.6 Å². The third-order valence-electron chi connectivity index (χ3n) is 7.64. The lowest BCUT2D eigenvalue weighted by Crippen LogP contribution is -2.50. The van der Waals surface area contributed by atoms with Crippen LogP contribution in [0.15, 0.2) is 42.5 Å². The molecule has 2 aliphatic heterocycles. The van der Waals surface area contributed by atoms with Gasteiger partial charge in [-0.25, -0.2) is 4.79 Å². The number of fused-ring (bicyclic) bond motifs is 3. The van der Waals surface area contributed by atoms with E-state index in [0.29, 0.717) is 19.6 Å². The highest BCUT2D eigenvalue weighted by atomic mass is 35.5. The average Bonchev–Trinajstić information content (AvgIpc) is 3.12. The second-order valence-electron chi connectivity index (χ2n) is 11.5. The Kier molecular flexibility index (Phi) is 7.18. The van der Waals surface area contributed by atoms with E-state index in [-0.39, 0.29) is 18.0 Å². The molecular formula is C30H37ClN4O3. The van der Waals surface area contributed by atoms with Gasteiger partial charge >= 0.3 is 6.09 Å². The van der Waals surface area contributed by atoms with Gasteiger partial charge in [-0.05, 0) is 63.9 Å². The number of aromatic nitrogens is 1. The molecule has 7 nitrogen and oxygen atoms in total. The van der Waals surface area contributed by atoms with Crippen molar-refractivity contribution in [3.8, 4) is 0 Å². The molecule has 3 heterocycles. The molecule has 2 aliphatic rings. The zero-order valence-corrected chi connectivity index (χ0v) is 23.7. The Morgan fingerprint density at radius 2 is 1.82 bits per heavy atom. The van der Waals surface area contributed by atoms with E-state index in [4.69, 9.17) is 16.3 Å². The molecule has 0 bridgehead atoms. The van der Waals surface area contributed by atoms with Gasteiger partial charge in [-0.3, -0.25) is 9.69 Å². The first-order valence-electron chi connectivity index (χ1n) is 13.4. The van der Waals surface area contributed by atoms with Crippen LogP contribution in [0.4, 0.5) is 10.5 Å². The smallest absolute Gasteiger partial charge is 0.410 e. The van der Waals surface area contributed by atoms with Gasteiger partial charge in [0.2, 0.25) is 5.91 Å². The van der Waals surface area contributed by atoms with Crippen molar-refractivity contribution < 1.29 is 14.3 Å². The first-order valence-corrected chi connectivity index (χ1v) is 13.7. The summed E-state index contributed by atoms with van der Waals surface area (Å²) < 4.78 is 7.90. The minimum absolute atomic E-state index is 0.0439. The summed E-state index contributed by atoms with van der Waals surface area (Å²) in [6, 6.07) is 14.2. The summed E-state index contributed by atoms with van der Waals surface area (Å²) in [5.41, 5.74) is 5.11. The molecule has 5 rings (SSSR count). The SMILES string of the molecule is CC1Cc2c(c3ccc(N4CCN(CCc5ccc(Cl)cc5)CC4=O)cc3n2C)CN1C(=O)OC(C)(C)C. The second-order valence-corrected chi connectivity index (χ2v) is 12.0. The monoisotopic (exact) mass is 536 g/mol. The maximum Gasteiger partial charge on any atom is 0.410 e. The van der Waals surface area contributed by atoms with E-state index in [2.05, 4.69) is 35.6 Å². The quantitative estimate of drug-likeness (QED) is 0.448. The van der Waals surface area contributed by atoms with Crippen molar-refractivity contribution in [2.24, 2.45) is 7.05 Å². The normalized spacial score (nSPS) is 18.7. The summed E-state index contributed by atoms with van der Waals surface area (Å²) >= 11 is 5.99. The number of carbonyl (C=O) groups is 2. The third kappa shape index (κ3) is 5.40. The molecule has 2 aromatic carbocycles. The molecule has 1 fully saturated rings. The van der Waals surface area contributed by atoms with Gasteiger partial charge in [0.15, 0.2) is 0 Å². The van der Waals surface area contributed by atoms with E-state index < -0.39 is 5.60 Å². The van der Waals surface area contributed by atoms with Crippen molar-refractivity contribution in [1.82, 2.24) is 14.4 Å². The molecule has 38 heavy (non-hydrogen) atoms. The van der Waals surface area contributed by atoms with Gasteiger partial charge in [-0.15, -0.1) is 0 Å². The molecule has 0 spiro atoms. The molecule has 1 saturated heterocycles. The molecule has 1 unspecified atom stereocenters. The van der Waals surface area contributed by atoms with Crippen molar-refractivity contribution in [1.29, 1.82) is 0 Å². The number of piperazine rings is 1. The van der Waals surface area contributed by atoms with Crippen LogP contribution in [-0.4, -0.2) is 64.2 Å². The Morgan fingerprint density at radius 3 is 2.50 bits per heavy atom. The van der Waals surface area contributed by atoms with Crippen molar-refractivity contribution in [2.75, 3.05) is 31.1 Å². The molecule has 0 saturated carbocycles. The molecule has 0 aliphatic carbocycles. The molecule has 0 radical (unpaired) electrons. The third-order valence-corrected chi connectivity index (χ3v) is 7.89. The minimum atomic E-state index is -0.531. The summed E-state index contributed by atoms with van der Waals surface area (Å²) in [4.78, 5) is 32.0. The Balaban J connectivity index is 1.30. The van der Waals surface area contributed by atoms with E-state index in [0.717, 1.165) is 53.1 Å². The van der Waals surface area contributed by atoms with Gasteiger partial charge in [0, 0.05) is 66.5 Å². The molecule has 2 amide bonds. The van der Waals surface area contributed by atoms with Crippen molar-refractivity contribution in [3.63, 3.8) is 0 Å². The van der Waals surface area contributed by atoms with E-state index >= 15 is 0 Å². The van der Waals surface area contributed by atoms with Crippen LogP contribution in [0.3, 0.4) is 0 Å². The van der Waals surface area contributed by atoms with E-state index in [1.807, 2.05) is 60.9 Å². The first-order chi connectivity index (χ1) is 18.0. The van der Waals surface area contributed by atoms with Gasteiger partial charge < -0.3 is 19.1 Å². The summed E-state index contributed by atoms with van der Waals surface area (Å²) in [5.74, 6) is 0.121. The number of amides is 2. The zero-order valence-electron chi connectivity index (χ0n) is 23.0. The number of rotatable bonds is 4. The molecule has 1 atom stereocenters. The largest absolute Gasteiger partial charge is 0.444 e. The number of hydrogen-bond donors (Lipinski definition) is 0. The number of aryl methyl sites for hydroxylation is 1. The Hall–Kier alpha value is -3.03. The standard InChI is InChI=1S/C30H37ClN4O3/c1-20-16-26-25(18-35(20)29(37)38-30(2,3)4)24-11-10-23(17-27(24)32(26)5)34-15-14-33(19-28(34)36)13-12-21-6-8-22(31)9-7-21/h6-11,17,20H,12-16,18-19H2,1-5H3. The van der Waals surface area contributed by atoms with E-state index in [1.54, 1.807) is 0 Å². The van der Waals surface area contributed by atoms with Gasteiger partial charge in [0.25, 0.3) is 0 Å². The van der Waals surface area contributed by atoms with Gasteiger partial charge in [-0.2, -0.15) is 0 Å². The van der Waals surface area contributed by atoms with Crippen LogP contribution in [0, 0.1) is 0 Å². The fourth-order valence-electron chi connectivity index (χ4n) is 5.57. The maximum absolute atomic E-state index is 13.2. The molecule has 1 aromatic heterocycles. The number of nitrogens with zero attached hydrogens (tertiary/aromatic N) is 4. The molecule has 8 heteroatoms. The van der Waals surface area contributed by atoms with Gasteiger partial charge in [0.1, 0.15) is 5.60 Å². The van der Waals surface area contributed by atoms with Crippen LogP contribution in [0.5, 0.6) is 0 Å². The first kappa shape index (κ1) is 26.6. The maximum atomic E-state index is 13.2. The number of halogens is 1. The predicted octanol–water partition coefficient (Wildman–Crippen LogP) is 5.40. The predicted molar refractivity (Wildman–Crippen MR) is 152 cm³/mol. The van der Waals surface area contributed by atoms with E-state index in [9.17, 15) is 9.59 Å². The lowest BCUT2D eigenvalue weighted by Gasteiger charge is -2.35. The summed E-state index contributed by atoms with van der Waals surface area (Å²) in [7, 11) is 2.08. The molecular weight excluding hydrogens is 500 g/mol. The number of ether oxygens (including phenoxy) is 1.